The summed E-state index contributed by atoms with van der Waals surface area (Å²) >= 11 is 0. The van der Waals surface area contributed by atoms with E-state index in [2.05, 4.69) is 18.8 Å². The van der Waals surface area contributed by atoms with E-state index >= 15 is 0 Å². The number of aliphatic hydroxyl groups is 1. The molecule has 1 aliphatic rings. The lowest BCUT2D eigenvalue weighted by atomic mass is 9.83. The summed E-state index contributed by atoms with van der Waals surface area (Å²) in [5.41, 5.74) is 0.164. The fourth-order valence-corrected chi connectivity index (χ4v) is 2.17. The first-order valence-electron chi connectivity index (χ1n) is 6.25. The average Bonchev–Trinajstić information content (AvgIpc) is 2.73. The SMILES string of the molecule is C=CCCC(C)NCC1(CCO)CCOC1. The Labute approximate surface area is 98.9 Å². The molecule has 0 bridgehead atoms. The Balaban J connectivity index is 2.29. The summed E-state index contributed by atoms with van der Waals surface area (Å²) in [4.78, 5) is 0. The largest absolute Gasteiger partial charge is 0.396 e. The fraction of sp³-hybridized carbons (Fsp3) is 0.846. The molecule has 0 aromatic heterocycles. The van der Waals surface area contributed by atoms with Gasteiger partial charge in [-0.1, -0.05) is 6.08 Å². The summed E-state index contributed by atoms with van der Waals surface area (Å²) in [5.74, 6) is 0. The highest BCUT2D eigenvalue weighted by Gasteiger charge is 2.34. The van der Waals surface area contributed by atoms with Gasteiger partial charge in [0.25, 0.3) is 0 Å². The standard InChI is InChI=1S/C13H25NO2/c1-3-4-5-12(2)14-10-13(6-8-15)7-9-16-11-13/h3,12,14-15H,1,4-11H2,2H3. The molecule has 1 heterocycles. The number of allylic oxidation sites excluding steroid dienone is 1. The minimum Gasteiger partial charge on any atom is -0.396 e. The quantitative estimate of drug-likeness (QED) is 0.620. The van der Waals surface area contributed by atoms with E-state index in [-0.39, 0.29) is 12.0 Å². The van der Waals surface area contributed by atoms with Crippen LogP contribution in [0.2, 0.25) is 0 Å². The molecule has 3 heteroatoms. The van der Waals surface area contributed by atoms with Crippen LogP contribution >= 0.6 is 0 Å². The van der Waals surface area contributed by atoms with Crippen LogP contribution in [0.15, 0.2) is 12.7 Å². The van der Waals surface area contributed by atoms with Crippen LogP contribution in [0, 0.1) is 5.41 Å². The molecule has 1 aliphatic heterocycles. The Bertz CT molecular complexity index is 200. The molecule has 1 rings (SSSR count). The molecule has 94 valence electrons. The zero-order valence-electron chi connectivity index (χ0n) is 10.4. The molecule has 16 heavy (non-hydrogen) atoms. The highest BCUT2D eigenvalue weighted by Crippen LogP contribution is 2.31. The molecule has 0 radical (unpaired) electrons. The molecule has 1 fully saturated rings. The lowest BCUT2D eigenvalue weighted by Gasteiger charge is -2.28. The first-order chi connectivity index (χ1) is 7.72. The Kier molecular flexibility index (Phi) is 6.03. The minimum absolute atomic E-state index is 0.164. The van der Waals surface area contributed by atoms with Gasteiger partial charge in [0.05, 0.1) is 6.61 Å². The third kappa shape index (κ3) is 4.24. The summed E-state index contributed by atoms with van der Waals surface area (Å²) in [6.07, 6.45) is 6.04. The zero-order chi connectivity index (χ0) is 11.9. The summed E-state index contributed by atoms with van der Waals surface area (Å²) in [7, 11) is 0. The zero-order valence-corrected chi connectivity index (χ0v) is 10.4. The minimum atomic E-state index is 0.164. The molecule has 2 N–H and O–H groups in total. The van der Waals surface area contributed by atoms with Crippen LogP contribution in [0.4, 0.5) is 0 Å². The van der Waals surface area contributed by atoms with Crippen molar-refractivity contribution in [2.75, 3.05) is 26.4 Å². The van der Waals surface area contributed by atoms with Gasteiger partial charge in [0.15, 0.2) is 0 Å². The lowest BCUT2D eigenvalue weighted by Crippen LogP contribution is -2.39. The van der Waals surface area contributed by atoms with E-state index in [0.29, 0.717) is 6.04 Å². The molecule has 2 unspecified atom stereocenters. The van der Waals surface area contributed by atoms with Crippen molar-refractivity contribution in [3.8, 4) is 0 Å². The van der Waals surface area contributed by atoms with Gasteiger partial charge < -0.3 is 15.2 Å². The van der Waals surface area contributed by atoms with Crippen LogP contribution in [0.1, 0.15) is 32.6 Å². The molecule has 0 aromatic rings. The van der Waals surface area contributed by atoms with Crippen molar-refractivity contribution in [2.24, 2.45) is 5.41 Å². The van der Waals surface area contributed by atoms with Gasteiger partial charge in [-0.2, -0.15) is 0 Å². The second-order valence-corrected chi connectivity index (χ2v) is 4.92. The molecule has 0 amide bonds. The van der Waals surface area contributed by atoms with Gasteiger partial charge in [0.1, 0.15) is 0 Å². The molecule has 3 nitrogen and oxygen atoms in total. The molecule has 2 atom stereocenters. The molecular formula is C13H25NO2. The summed E-state index contributed by atoms with van der Waals surface area (Å²) in [6.45, 7) is 8.76. The van der Waals surface area contributed by atoms with Gasteiger partial charge in [0.2, 0.25) is 0 Å². The Hall–Kier alpha value is -0.380. The van der Waals surface area contributed by atoms with Crippen molar-refractivity contribution in [1.29, 1.82) is 0 Å². The van der Waals surface area contributed by atoms with E-state index in [4.69, 9.17) is 9.84 Å². The second-order valence-electron chi connectivity index (χ2n) is 4.92. The number of ether oxygens (including phenoxy) is 1. The van der Waals surface area contributed by atoms with Gasteiger partial charge in [-0.25, -0.2) is 0 Å². The Morgan fingerprint density at radius 2 is 2.44 bits per heavy atom. The summed E-state index contributed by atoms with van der Waals surface area (Å²) in [6, 6.07) is 0.508. The van der Waals surface area contributed by atoms with Gasteiger partial charge in [-0.3, -0.25) is 0 Å². The van der Waals surface area contributed by atoms with E-state index < -0.39 is 0 Å². The average molecular weight is 227 g/mol. The van der Waals surface area contributed by atoms with Gasteiger partial charge in [-0.05, 0) is 32.6 Å². The normalized spacial score (nSPS) is 26.9. The highest BCUT2D eigenvalue weighted by atomic mass is 16.5. The second kappa shape index (κ2) is 7.05. The lowest BCUT2D eigenvalue weighted by molar-refractivity contribution is 0.122. The maximum atomic E-state index is 9.10. The van der Waals surface area contributed by atoms with Crippen molar-refractivity contribution in [2.45, 2.75) is 38.6 Å². The summed E-state index contributed by atoms with van der Waals surface area (Å²) < 4.78 is 5.46. The molecular weight excluding hydrogens is 202 g/mol. The third-order valence-electron chi connectivity index (χ3n) is 3.46. The first-order valence-corrected chi connectivity index (χ1v) is 6.25. The van der Waals surface area contributed by atoms with Crippen LogP contribution in [-0.2, 0) is 4.74 Å². The monoisotopic (exact) mass is 227 g/mol. The van der Waals surface area contributed by atoms with Crippen molar-refractivity contribution >= 4 is 0 Å². The fourth-order valence-electron chi connectivity index (χ4n) is 2.17. The molecule has 0 aliphatic carbocycles. The van der Waals surface area contributed by atoms with Crippen LogP contribution in [0.5, 0.6) is 0 Å². The van der Waals surface area contributed by atoms with Crippen LogP contribution in [-0.4, -0.2) is 37.5 Å². The van der Waals surface area contributed by atoms with E-state index in [1.807, 2.05) is 6.08 Å². The van der Waals surface area contributed by atoms with E-state index in [0.717, 1.165) is 45.4 Å². The van der Waals surface area contributed by atoms with E-state index in [1.165, 1.54) is 0 Å². The number of rotatable bonds is 8. The molecule has 0 spiro atoms. The predicted molar refractivity (Wildman–Crippen MR) is 66.5 cm³/mol. The number of hydrogen-bond acceptors (Lipinski definition) is 3. The van der Waals surface area contributed by atoms with Crippen molar-refractivity contribution in [3.05, 3.63) is 12.7 Å². The topological polar surface area (TPSA) is 41.5 Å². The van der Waals surface area contributed by atoms with Crippen molar-refractivity contribution < 1.29 is 9.84 Å². The van der Waals surface area contributed by atoms with Crippen molar-refractivity contribution in [1.82, 2.24) is 5.32 Å². The molecule has 0 aromatic carbocycles. The van der Waals surface area contributed by atoms with Crippen LogP contribution in [0.3, 0.4) is 0 Å². The first kappa shape index (κ1) is 13.7. The van der Waals surface area contributed by atoms with Crippen LogP contribution < -0.4 is 5.32 Å². The highest BCUT2D eigenvalue weighted by molar-refractivity contribution is 4.86. The number of nitrogens with one attached hydrogen (secondary N) is 1. The van der Waals surface area contributed by atoms with E-state index in [9.17, 15) is 0 Å². The predicted octanol–water partition coefficient (Wildman–Crippen LogP) is 1.72. The maximum Gasteiger partial charge on any atom is 0.0536 e. The third-order valence-corrected chi connectivity index (χ3v) is 3.46. The Morgan fingerprint density at radius 3 is 3.00 bits per heavy atom. The smallest absolute Gasteiger partial charge is 0.0536 e. The number of hydrogen-bond donors (Lipinski definition) is 2. The van der Waals surface area contributed by atoms with Crippen molar-refractivity contribution in [3.63, 3.8) is 0 Å². The molecule has 1 saturated heterocycles. The number of aliphatic hydroxyl groups excluding tert-OH is 1. The Morgan fingerprint density at radius 1 is 1.62 bits per heavy atom. The molecule has 0 saturated carbocycles. The maximum absolute atomic E-state index is 9.10. The van der Waals surface area contributed by atoms with Gasteiger partial charge in [0, 0.05) is 31.2 Å². The van der Waals surface area contributed by atoms with Gasteiger partial charge >= 0.3 is 0 Å². The summed E-state index contributed by atoms with van der Waals surface area (Å²) in [5, 5.41) is 12.6. The van der Waals surface area contributed by atoms with Gasteiger partial charge in [-0.15, -0.1) is 6.58 Å². The van der Waals surface area contributed by atoms with E-state index in [1.54, 1.807) is 0 Å². The van der Waals surface area contributed by atoms with Crippen LogP contribution in [0.25, 0.3) is 0 Å².